The van der Waals surface area contributed by atoms with Gasteiger partial charge in [-0.05, 0) is 31.9 Å². The first-order valence-corrected chi connectivity index (χ1v) is 7.76. The van der Waals surface area contributed by atoms with Crippen molar-refractivity contribution in [1.82, 2.24) is 10.2 Å². The van der Waals surface area contributed by atoms with Crippen LogP contribution in [0.5, 0.6) is 5.75 Å². The van der Waals surface area contributed by atoms with Crippen LogP contribution < -0.4 is 10.1 Å². The zero-order valence-electron chi connectivity index (χ0n) is 13.2. The first-order valence-electron chi connectivity index (χ1n) is 7.76. The van der Waals surface area contributed by atoms with Crippen molar-refractivity contribution in [2.45, 2.75) is 39.3 Å². The number of likely N-dealkylation sites (N-methyl/N-ethyl adjacent to an activating group) is 1. The van der Waals surface area contributed by atoms with E-state index in [-0.39, 0.29) is 0 Å². The topological polar surface area (TPSA) is 24.5 Å². The number of nitrogens with one attached hydrogen (secondary N) is 1. The summed E-state index contributed by atoms with van der Waals surface area (Å²) in [5, 5.41) is 3.61. The Hall–Kier alpha value is -1.06. The summed E-state index contributed by atoms with van der Waals surface area (Å²) >= 11 is 0. The van der Waals surface area contributed by atoms with Gasteiger partial charge >= 0.3 is 0 Å². The molecular weight excluding hydrogens is 248 g/mol. The molecule has 1 aromatic carbocycles. The average Bonchev–Trinajstić information content (AvgIpc) is 2.76. The minimum atomic E-state index is 0.337. The first kappa shape index (κ1) is 15.3. The minimum Gasteiger partial charge on any atom is -0.496 e. The average molecular weight is 276 g/mol. The van der Waals surface area contributed by atoms with Crippen molar-refractivity contribution in [1.29, 1.82) is 0 Å². The predicted molar refractivity (Wildman–Crippen MR) is 84.2 cm³/mol. The second kappa shape index (κ2) is 7.09. The molecular formula is C17H28N2O. The second-order valence-corrected chi connectivity index (χ2v) is 6.00. The Bertz CT molecular complexity index is 421. The van der Waals surface area contributed by atoms with Crippen LogP contribution >= 0.6 is 0 Å². The van der Waals surface area contributed by atoms with Crippen molar-refractivity contribution < 1.29 is 4.74 Å². The summed E-state index contributed by atoms with van der Waals surface area (Å²) in [6.45, 7) is 10.1. The van der Waals surface area contributed by atoms with Gasteiger partial charge in [-0.1, -0.05) is 32.0 Å². The summed E-state index contributed by atoms with van der Waals surface area (Å²) in [5.41, 5.74) is 1.27. The van der Waals surface area contributed by atoms with E-state index in [4.69, 9.17) is 4.74 Å². The molecule has 3 unspecified atom stereocenters. The fourth-order valence-corrected chi connectivity index (χ4v) is 3.35. The van der Waals surface area contributed by atoms with Crippen molar-refractivity contribution in [3.05, 3.63) is 29.8 Å². The van der Waals surface area contributed by atoms with Crippen LogP contribution in [0.1, 0.15) is 38.8 Å². The van der Waals surface area contributed by atoms with E-state index in [9.17, 15) is 0 Å². The molecule has 1 aromatic rings. The lowest BCUT2D eigenvalue weighted by atomic mass is 10.0. The molecule has 3 nitrogen and oxygen atoms in total. The molecule has 0 amide bonds. The van der Waals surface area contributed by atoms with Gasteiger partial charge in [-0.15, -0.1) is 0 Å². The Morgan fingerprint density at radius 2 is 2.10 bits per heavy atom. The molecule has 3 heteroatoms. The summed E-state index contributed by atoms with van der Waals surface area (Å²) < 4.78 is 5.53. The molecule has 3 atom stereocenters. The number of likely N-dealkylation sites (tertiary alicyclic amines) is 1. The van der Waals surface area contributed by atoms with E-state index < -0.39 is 0 Å². The smallest absolute Gasteiger partial charge is 0.123 e. The maximum Gasteiger partial charge on any atom is 0.123 e. The molecule has 112 valence electrons. The maximum atomic E-state index is 5.53. The van der Waals surface area contributed by atoms with Crippen LogP contribution in [0, 0.1) is 5.92 Å². The van der Waals surface area contributed by atoms with Crippen LogP contribution in [-0.2, 0) is 0 Å². The third-order valence-electron chi connectivity index (χ3n) is 4.29. The molecule has 0 spiro atoms. The fourth-order valence-electron chi connectivity index (χ4n) is 3.35. The number of hydrogen-bond acceptors (Lipinski definition) is 3. The minimum absolute atomic E-state index is 0.337. The number of nitrogens with zero attached hydrogens (tertiary/aromatic N) is 1. The Kier molecular flexibility index (Phi) is 5.44. The number of methoxy groups -OCH3 is 1. The third kappa shape index (κ3) is 3.53. The van der Waals surface area contributed by atoms with Crippen LogP contribution in [0.2, 0.25) is 0 Å². The van der Waals surface area contributed by atoms with E-state index in [0.29, 0.717) is 12.1 Å². The SMILES string of the molecule is CCNC(CN1CC(C)CC1C)c1ccccc1OC. The summed E-state index contributed by atoms with van der Waals surface area (Å²) in [4.78, 5) is 2.60. The highest BCUT2D eigenvalue weighted by molar-refractivity contribution is 5.36. The van der Waals surface area contributed by atoms with Crippen LogP contribution in [0.15, 0.2) is 24.3 Å². The van der Waals surface area contributed by atoms with Crippen LogP contribution in [-0.4, -0.2) is 37.7 Å². The lowest BCUT2D eigenvalue weighted by Gasteiger charge is -2.28. The van der Waals surface area contributed by atoms with Crippen molar-refractivity contribution in [3.8, 4) is 5.75 Å². The molecule has 0 aromatic heterocycles. The maximum absolute atomic E-state index is 5.53. The largest absolute Gasteiger partial charge is 0.496 e. The Morgan fingerprint density at radius 3 is 2.70 bits per heavy atom. The van der Waals surface area contributed by atoms with Gasteiger partial charge in [0.05, 0.1) is 7.11 Å². The molecule has 1 aliphatic heterocycles. The highest BCUT2D eigenvalue weighted by Gasteiger charge is 2.28. The van der Waals surface area contributed by atoms with Crippen molar-refractivity contribution in [2.24, 2.45) is 5.92 Å². The molecule has 0 saturated carbocycles. The second-order valence-electron chi connectivity index (χ2n) is 6.00. The van der Waals surface area contributed by atoms with E-state index in [2.05, 4.69) is 49.2 Å². The van der Waals surface area contributed by atoms with E-state index in [1.54, 1.807) is 7.11 Å². The first-order chi connectivity index (χ1) is 9.65. The molecule has 0 aliphatic carbocycles. The van der Waals surface area contributed by atoms with E-state index in [1.807, 2.05) is 6.07 Å². The van der Waals surface area contributed by atoms with Gasteiger partial charge in [0.2, 0.25) is 0 Å². The van der Waals surface area contributed by atoms with Gasteiger partial charge in [0.1, 0.15) is 5.75 Å². The van der Waals surface area contributed by atoms with E-state index in [0.717, 1.165) is 24.8 Å². The molecule has 1 saturated heterocycles. The summed E-state index contributed by atoms with van der Waals surface area (Å²) in [5.74, 6) is 1.79. The molecule has 1 heterocycles. The zero-order chi connectivity index (χ0) is 14.5. The van der Waals surface area contributed by atoms with E-state index >= 15 is 0 Å². The molecule has 2 rings (SSSR count). The molecule has 0 bridgehead atoms. The van der Waals surface area contributed by atoms with Crippen molar-refractivity contribution >= 4 is 0 Å². The molecule has 1 fully saturated rings. The Morgan fingerprint density at radius 1 is 1.35 bits per heavy atom. The fraction of sp³-hybridized carbons (Fsp3) is 0.647. The van der Waals surface area contributed by atoms with Crippen LogP contribution in [0.25, 0.3) is 0 Å². The standard InChI is InChI=1S/C17H28N2O/c1-5-18-16(12-19-11-13(2)10-14(19)3)15-8-6-7-9-17(15)20-4/h6-9,13-14,16,18H,5,10-12H2,1-4H3. The van der Waals surface area contributed by atoms with Gasteiger partial charge in [-0.2, -0.15) is 0 Å². The van der Waals surface area contributed by atoms with Crippen LogP contribution in [0.3, 0.4) is 0 Å². The lowest BCUT2D eigenvalue weighted by Crippen LogP contribution is -2.37. The van der Waals surface area contributed by atoms with Gasteiger partial charge in [0.15, 0.2) is 0 Å². The molecule has 1 aliphatic rings. The number of benzene rings is 1. The van der Waals surface area contributed by atoms with Gasteiger partial charge in [0, 0.05) is 30.7 Å². The summed E-state index contributed by atoms with van der Waals surface area (Å²) in [6.07, 6.45) is 1.31. The predicted octanol–water partition coefficient (Wildman–Crippen LogP) is 3.08. The highest BCUT2D eigenvalue weighted by Crippen LogP contribution is 2.29. The van der Waals surface area contributed by atoms with Crippen molar-refractivity contribution in [3.63, 3.8) is 0 Å². The van der Waals surface area contributed by atoms with Gasteiger partial charge in [-0.3, -0.25) is 4.90 Å². The van der Waals surface area contributed by atoms with Gasteiger partial charge in [0.25, 0.3) is 0 Å². The lowest BCUT2D eigenvalue weighted by molar-refractivity contribution is 0.233. The quantitative estimate of drug-likeness (QED) is 0.864. The number of para-hydroxylation sites is 1. The van der Waals surface area contributed by atoms with Gasteiger partial charge in [-0.25, -0.2) is 0 Å². The normalized spacial score (nSPS) is 24.8. The number of hydrogen-bond donors (Lipinski definition) is 1. The van der Waals surface area contributed by atoms with Crippen LogP contribution in [0.4, 0.5) is 0 Å². The van der Waals surface area contributed by atoms with Gasteiger partial charge < -0.3 is 10.1 Å². The molecule has 20 heavy (non-hydrogen) atoms. The third-order valence-corrected chi connectivity index (χ3v) is 4.29. The molecule has 0 radical (unpaired) electrons. The zero-order valence-corrected chi connectivity index (χ0v) is 13.2. The summed E-state index contributed by atoms with van der Waals surface area (Å²) in [7, 11) is 1.75. The monoisotopic (exact) mass is 276 g/mol. The number of ether oxygens (including phenoxy) is 1. The van der Waals surface area contributed by atoms with Crippen molar-refractivity contribution in [2.75, 3.05) is 26.7 Å². The highest BCUT2D eigenvalue weighted by atomic mass is 16.5. The molecule has 1 N–H and O–H groups in total. The summed E-state index contributed by atoms with van der Waals surface area (Å²) in [6, 6.07) is 9.38. The Labute approximate surface area is 123 Å². The number of rotatable bonds is 6. The Balaban J connectivity index is 2.14. The van der Waals surface area contributed by atoms with E-state index in [1.165, 1.54) is 18.5 Å².